The summed E-state index contributed by atoms with van der Waals surface area (Å²) in [6.45, 7) is 5.23. The molecule has 3 heterocycles. The molecule has 4 rings (SSSR count). The van der Waals surface area contributed by atoms with E-state index in [-0.39, 0.29) is 6.03 Å². The molecule has 0 spiro atoms. The first kappa shape index (κ1) is 21.7. The van der Waals surface area contributed by atoms with Crippen molar-refractivity contribution in [2.24, 2.45) is 0 Å². The molecule has 0 saturated carbocycles. The van der Waals surface area contributed by atoms with E-state index in [2.05, 4.69) is 20.5 Å². The van der Waals surface area contributed by atoms with Crippen LogP contribution in [0.2, 0.25) is 0 Å². The standard InChI is InChI=1S/C21H25N5O3S2/c1-16-15-19(17-5-2-3-6-18(17)23-16)24-21(27)22-8-9-25-10-12-26(13-11-25)31(28,29)20-7-4-14-30-20/h2-7,14-15H,8-13H2,1H3,(H2,22,23,24,27). The molecule has 0 aliphatic carbocycles. The van der Waals surface area contributed by atoms with Crippen LogP contribution in [-0.4, -0.2) is 67.9 Å². The Morgan fingerprint density at radius 3 is 2.65 bits per heavy atom. The molecule has 0 bridgehead atoms. The Morgan fingerprint density at radius 1 is 1.13 bits per heavy atom. The van der Waals surface area contributed by atoms with Crippen molar-refractivity contribution in [1.29, 1.82) is 0 Å². The maximum atomic E-state index is 12.6. The fourth-order valence-electron chi connectivity index (χ4n) is 3.64. The predicted octanol–water partition coefficient (Wildman–Crippen LogP) is 2.73. The smallest absolute Gasteiger partial charge is 0.319 e. The second-order valence-electron chi connectivity index (χ2n) is 7.39. The van der Waals surface area contributed by atoms with E-state index in [1.165, 1.54) is 15.6 Å². The lowest BCUT2D eigenvalue weighted by molar-refractivity contribution is 0.189. The van der Waals surface area contributed by atoms with Gasteiger partial charge in [-0.15, -0.1) is 11.3 Å². The van der Waals surface area contributed by atoms with Gasteiger partial charge in [-0.1, -0.05) is 24.3 Å². The van der Waals surface area contributed by atoms with Gasteiger partial charge in [0.2, 0.25) is 0 Å². The molecular weight excluding hydrogens is 434 g/mol. The molecule has 1 fully saturated rings. The number of nitrogens with zero attached hydrogens (tertiary/aromatic N) is 3. The van der Waals surface area contributed by atoms with E-state index >= 15 is 0 Å². The van der Waals surface area contributed by atoms with Crippen LogP contribution in [0.5, 0.6) is 0 Å². The summed E-state index contributed by atoms with van der Waals surface area (Å²) in [6, 6.07) is 12.7. The van der Waals surface area contributed by atoms with E-state index in [9.17, 15) is 13.2 Å². The van der Waals surface area contributed by atoms with Crippen LogP contribution in [-0.2, 0) is 10.0 Å². The summed E-state index contributed by atoms with van der Waals surface area (Å²) in [5.74, 6) is 0. The number of hydrogen-bond acceptors (Lipinski definition) is 6. The van der Waals surface area contributed by atoms with Gasteiger partial charge in [0.1, 0.15) is 4.21 Å². The average Bonchev–Trinajstić information content (AvgIpc) is 3.30. The number of aryl methyl sites for hydroxylation is 1. The molecule has 31 heavy (non-hydrogen) atoms. The van der Waals surface area contributed by atoms with Crippen LogP contribution in [0.1, 0.15) is 5.69 Å². The number of amides is 2. The SMILES string of the molecule is Cc1cc(NC(=O)NCCN2CCN(S(=O)(=O)c3cccs3)CC2)c2ccccc2n1. The second kappa shape index (κ2) is 9.31. The predicted molar refractivity (Wildman–Crippen MR) is 123 cm³/mol. The average molecular weight is 460 g/mol. The third kappa shape index (κ3) is 5.04. The van der Waals surface area contributed by atoms with Gasteiger partial charge in [0.15, 0.2) is 0 Å². The van der Waals surface area contributed by atoms with Crippen molar-refractivity contribution >= 4 is 44.0 Å². The lowest BCUT2D eigenvalue weighted by Gasteiger charge is -2.33. The number of nitrogens with one attached hydrogen (secondary N) is 2. The van der Waals surface area contributed by atoms with E-state index in [1.54, 1.807) is 17.5 Å². The molecule has 0 radical (unpaired) electrons. The zero-order valence-electron chi connectivity index (χ0n) is 17.2. The van der Waals surface area contributed by atoms with E-state index in [0.29, 0.717) is 43.5 Å². The Morgan fingerprint density at radius 2 is 1.90 bits per heavy atom. The van der Waals surface area contributed by atoms with E-state index in [1.807, 2.05) is 37.3 Å². The van der Waals surface area contributed by atoms with Crippen LogP contribution in [0.15, 0.2) is 52.1 Å². The van der Waals surface area contributed by atoms with Gasteiger partial charge in [-0.2, -0.15) is 4.31 Å². The monoisotopic (exact) mass is 459 g/mol. The zero-order chi connectivity index (χ0) is 21.8. The van der Waals surface area contributed by atoms with Crippen molar-refractivity contribution in [3.8, 4) is 0 Å². The van der Waals surface area contributed by atoms with E-state index in [0.717, 1.165) is 22.3 Å². The maximum absolute atomic E-state index is 12.6. The Bertz CT molecular complexity index is 1160. The molecule has 0 unspecified atom stereocenters. The van der Waals surface area contributed by atoms with Crippen LogP contribution in [0.25, 0.3) is 10.9 Å². The van der Waals surface area contributed by atoms with Crippen LogP contribution >= 0.6 is 11.3 Å². The molecule has 1 aliphatic heterocycles. The molecule has 1 aliphatic rings. The lowest BCUT2D eigenvalue weighted by Crippen LogP contribution is -2.50. The van der Waals surface area contributed by atoms with Crippen molar-refractivity contribution in [3.05, 3.63) is 53.5 Å². The fourth-order valence-corrected chi connectivity index (χ4v) is 6.20. The first-order valence-electron chi connectivity index (χ1n) is 10.1. The highest BCUT2D eigenvalue weighted by molar-refractivity contribution is 7.91. The molecule has 8 nitrogen and oxygen atoms in total. The van der Waals surface area contributed by atoms with Crippen LogP contribution in [0.4, 0.5) is 10.5 Å². The number of rotatable bonds is 6. The summed E-state index contributed by atoms with van der Waals surface area (Å²) in [5.41, 5.74) is 2.41. The molecule has 1 aromatic carbocycles. The van der Waals surface area contributed by atoms with Crippen molar-refractivity contribution in [2.75, 3.05) is 44.6 Å². The molecular formula is C21H25N5O3S2. The summed E-state index contributed by atoms with van der Waals surface area (Å²) < 4.78 is 27.1. The fraction of sp³-hybridized carbons (Fsp3) is 0.333. The first-order valence-corrected chi connectivity index (χ1v) is 12.4. The quantitative estimate of drug-likeness (QED) is 0.591. The number of para-hydroxylation sites is 1. The number of pyridine rings is 1. The second-order valence-corrected chi connectivity index (χ2v) is 10.5. The number of hydrogen-bond donors (Lipinski definition) is 2. The van der Waals surface area contributed by atoms with Gasteiger partial charge in [0, 0.05) is 50.3 Å². The number of piperazine rings is 1. The van der Waals surface area contributed by atoms with Crippen LogP contribution in [0.3, 0.4) is 0 Å². The number of carbonyl (C=O) groups is 1. The van der Waals surface area contributed by atoms with E-state index < -0.39 is 10.0 Å². The summed E-state index contributed by atoms with van der Waals surface area (Å²) in [7, 11) is -3.39. The largest absolute Gasteiger partial charge is 0.337 e. The number of sulfonamides is 1. The molecule has 0 atom stereocenters. The van der Waals surface area contributed by atoms with Gasteiger partial charge >= 0.3 is 6.03 Å². The minimum Gasteiger partial charge on any atom is -0.337 e. The number of anilines is 1. The molecule has 3 aromatic rings. The van der Waals surface area contributed by atoms with Crippen molar-refractivity contribution in [2.45, 2.75) is 11.1 Å². The molecule has 1 saturated heterocycles. The minimum atomic E-state index is -3.39. The van der Waals surface area contributed by atoms with Gasteiger partial charge in [0.05, 0.1) is 11.2 Å². The highest BCUT2D eigenvalue weighted by atomic mass is 32.2. The molecule has 10 heteroatoms. The van der Waals surface area contributed by atoms with Gasteiger partial charge < -0.3 is 10.6 Å². The highest BCUT2D eigenvalue weighted by Gasteiger charge is 2.28. The Balaban J connectivity index is 1.25. The van der Waals surface area contributed by atoms with E-state index in [4.69, 9.17) is 0 Å². The Hall–Kier alpha value is -2.53. The molecule has 2 N–H and O–H groups in total. The number of aromatic nitrogens is 1. The number of urea groups is 1. The third-order valence-corrected chi connectivity index (χ3v) is 8.50. The zero-order valence-corrected chi connectivity index (χ0v) is 18.9. The number of benzene rings is 1. The Kier molecular flexibility index (Phi) is 6.51. The molecule has 2 amide bonds. The first-order chi connectivity index (χ1) is 14.9. The highest BCUT2D eigenvalue weighted by Crippen LogP contribution is 2.23. The Labute approximate surface area is 185 Å². The summed E-state index contributed by atoms with van der Waals surface area (Å²) >= 11 is 1.24. The molecule has 2 aromatic heterocycles. The maximum Gasteiger partial charge on any atom is 0.319 e. The normalized spacial score (nSPS) is 15.8. The third-order valence-electron chi connectivity index (χ3n) is 5.23. The minimum absolute atomic E-state index is 0.269. The number of carbonyl (C=O) groups excluding carboxylic acids is 1. The summed E-state index contributed by atoms with van der Waals surface area (Å²) in [6.07, 6.45) is 0. The molecule has 164 valence electrons. The van der Waals surface area contributed by atoms with Gasteiger partial charge in [-0.05, 0) is 30.5 Å². The summed E-state index contributed by atoms with van der Waals surface area (Å²) in [5, 5.41) is 8.46. The van der Waals surface area contributed by atoms with Crippen molar-refractivity contribution < 1.29 is 13.2 Å². The van der Waals surface area contributed by atoms with Crippen molar-refractivity contribution in [3.63, 3.8) is 0 Å². The van der Waals surface area contributed by atoms with Crippen molar-refractivity contribution in [1.82, 2.24) is 19.5 Å². The number of fused-ring (bicyclic) bond motifs is 1. The van der Waals surface area contributed by atoms with Crippen LogP contribution < -0.4 is 10.6 Å². The van der Waals surface area contributed by atoms with Crippen LogP contribution in [0, 0.1) is 6.92 Å². The summed E-state index contributed by atoms with van der Waals surface area (Å²) in [4.78, 5) is 19.0. The lowest BCUT2D eigenvalue weighted by atomic mass is 10.1. The topological polar surface area (TPSA) is 94.6 Å². The van der Waals surface area contributed by atoms with Gasteiger partial charge in [0.25, 0.3) is 10.0 Å². The number of thiophene rings is 1. The van der Waals surface area contributed by atoms with Gasteiger partial charge in [-0.3, -0.25) is 9.88 Å². The van der Waals surface area contributed by atoms with Gasteiger partial charge in [-0.25, -0.2) is 13.2 Å².